The third-order valence-corrected chi connectivity index (χ3v) is 3.25. The van der Waals surface area contributed by atoms with E-state index in [1.807, 2.05) is 0 Å². The van der Waals surface area contributed by atoms with Gasteiger partial charge in [0.15, 0.2) is 0 Å². The van der Waals surface area contributed by atoms with Gasteiger partial charge in [0.05, 0.1) is 6.61 Å². The molecule has 0 amide bonds. The van der Waals surface area contributed by atoms with Crippen LogP contribution in [-0.4, -0.2) is 17.9 Å². The Balaban J connectivity index is 2.98. The highest BCUT2D eigenvalue weighted by molar-refractivity contribution is 9.09. The van der Waals surface area contributed by atoms with Crippen LogP contribution < -0.4 is 0 Å². The molecule has 17 heavy (non-hydrogen) atoms. The van der Waals surface area contributed by atoms with E-state index in [2.05, 4.69) is 22.5 Å². The fourth-order valence-corrected chi connectivity index (χ4v) is 2.06. The van der Waals surface area contributed by atoms with E-state index in [9.17, 15) is 4.79 Å². The summed E-state index contributed by atoms with van der Waals surface area (Å²) in [5.41, 5.74) is 0. The van der Waals surface area contributed by atoms with Crippen molar-refractivity contribution in [3.63, 3.8) is 0 Å². The van der Waals surface area contributed by atoms with Gasteiger partial charge in [-0.3, -0.25) is 0 Å². The fraction of sp³-hybridized carbons (Fsp3) is 0.786. The molecule has 0 aromatic rings. The maximum absolute atomic E-state index is 10.7. The molecule has 0 atom stereocenters. The van der Waals surface area contributed by atoms with Crippen LogP contribution in [0, 0.1) is 0 Å². The van der Waals surface area contributed by atoms with Crippen molar-refractivity contribution in [2.75, 3.05) is 11.9 Å². The monoisotopic (exact) mass is 304 g/mol. The number of alkyl halides is 1. The second-order valence-corrected chi connectivity index (χ2v) is 5.04. The molecule has 0 saturated heterocycles. The molecule has 0 unspecified atom stereocenters. The van der Waals surface area contributed by atoms with Crippen molar-refractivity contribution in [2.24, 2.45) is 0 Å². The molecule has 2 nitrogen and oxygen atoms in total. The third kappa shape index (κ3) is 13.6. The first-order chi connectivity index (χ1) is 8.31. The van der Waals surface area contributed by atoms with Crippen molar-refractivity contribution < 1.29 is 9.53 Å². The maximum Gasteiger partial charge on any atom is 0.330 e. The van der Waals surface area contributed by atoms with Crippen molar-refractivity contribution in [1.82, 2.24) is 0 Å². The lowest BCUT2D eigenvalue weighted by Crippen LogP contribution is -2.01. The molecule has 3 heteroatoms. The van der Waals surface area contributed by atoms with E-state index >= 15 is 0 Å². The van der Waals surface area contributed by atoms with Gasteiger partial charge in [-0.05, 0) is 12.8 Å². The number of rotatable bonds is 12. The number of hydrogen-bond acceptors (Lipinski definition) is 2. The molecule has 0 radical (unpaired) electrons. The first-order valence-corrected chi connectivity index (χ1v) is 7.78. The molecule has 0 aliphatic heterocycles. The quantitative estimate of drug-likeness (QED) is 0.227. The minimum absolute atomic E-state index is 0.309. The van der Waals surface area contributed by atoms with E-state index in [-0.39, 0.29) is 5.97 Å². The molecule has 0 spiro atoms. The lowest BCUT2D eigenvalue weighted by atomic mass is 10.1. The standard InChI is InChI=1S/C14H25BrO2/c1-2-14(16)17-13-11-9-7-5-3-4-6-8-10-12-15/h2H,1,3-13H2. The van der Waals surface area contributed by atoms with Crippen molar-refractivity contribution >= 4 is 21.9 Å². The lowest BCUT2D eigenvalue weighted by Gasteiger charge is -2.03. The molecule has 0 bridgehead atoms. The van der Waals surface area contributed by atoms with Gasteiger partial charge in [-0.15, -0.1) is 0 Å². The van der Waals surface area contributed by atoms with Gasteiger partial charge in [-0.1, -0.05) is 67.5 Å². The second kappa shape index (κ2) is 13.8. The van der Waals surface area contributed by atoms with E-state index in [4.69, 9.17) is 4.74 Å². The minimum Gasteiger partial charge on any atom is -0.463 e. The SMILES string of the molecule is C=CC(=O)OCCCCCCCCCCCBr. The predicted octanol–water partition coefficient (Wildman–Crippen LogP) is 4.62. The summed E-state index contributed by atoms with van der Waals surface area (Å²) in [6.07, 6.45) is 12.6. The normalized spacial score (nSPS) is 10.2. The first kappa shape index (κ1) is 16.7. The van der Waals surface area contributed by atoms with Crippen LogP contribution in [0.4, 0.5) is 0 Å². The molecule has 100 valence electrons. The molecule has 0 aliphatic carbocycles. The van der Waals surface area contributed by atoms with E-state index in [0.717, 1.165) is 18.2 Å². The van der Waals surface area contributed by atoms with E-state index in [1.165, 1.54) is 51.0 Å². The van der Waals surface area contributed by atoms with Crippen molar-refractivity contribution in [3.8, 4) is 0 Å². The van der Waals surface area contributed by atoms with Crippen LogP contribution in [0.2, 0.25) is 0 Å². The molecule has 0 N–H and O–H groups in total. The van der Waals surface area contributed by atoms with Gasteiger partial charge in [0, 0.05) is 11.4 Å². The molecule has 0 rings (SSSR count). The molecule has 0 fully saturated rings. The number of halogens is 1. The summed E-state index contributed by atoms with van der Waals surface area (Å²) in [5.74, 6) is -0.309. The maximum atomic E-state index is 10.7. The molecule has 0 aliphatic rings. The Kier molecular flexibility index (Phi) is 13.5. The molecular weight excluding hydrogens is 280 g/mol. The van der Waals surface area contributed by atoms with Crippen molar-refractivity contribution in [1.29, 1.82) is 0 Å². The van der Waals surface area contributed by atoms with E-state index < -0.39 is 0 Å². The smallest absolute Gasteiger partial charge is 0.330 e. The topological polar surface area (TPSA) is 26.3 Å². The Labute approximate surface area is 114 Å². The van der Waals surface area contributed by atoms with Gasteiger partial charge in [-0.2, -0.15) is 0 Å². The summed E-state index contributed by atoms with van der Waals surface area (Å²) in [5, 5.41) is 1.14. The highest BCUT2D eigenvalue weighted by atomic mass is 79.9. The van der Waals surface area contributed by atoms with Crippen LogP contribution in [0.5, 0.6) is 0 Å². The summed E-state index contributed by atoms with van der Waals surface area (Å²) in [7, 11) is 0. The summed E-state index contributed by atoms with van der Waals surface area (Å²) in [6, 6.07) is 0. The average molecular weight is 305 g/mol. The highest BCUT2D eigenvalue weighted by Gasteiger charge is 1.95. The molecule has 0 heterocycles. The first-order valence-electron chi connectivity index (χ1n) is 6.66. The Morgan fingerprint density at radius 3 is 1.88 bits per heavy atom. The van der Waals surface area contributed by atoms with Gasteiger partial charge in [0.1, 0.15) is 0 Å². The second-order valence-electron chi connectivity index (χ2n) is 4.24. The molecule has 0 aromatic heterocycles. The number of esters is 1. The summed E-state index contributed by atoms with van der Waals surface area (Å²) < 4.78 is 4.90. The third-order valence-electron chi connectivity index (χ3n) is 2.69. The van der Waals surface area contributed by atoms with Crippen LogP contribution in [0.1, 0.15) is 57.8 Å². The molecule has 0 aromatic carbocycles. The van der Waals surface area contributed by atoms with Gasteiger partial charge in [0.2, 0.25) is 0 Å². The largest absolute Gasteiger partial charge is 0.463 e. The van der Waals surface area contributed by atoms with E-state index in [0.29, 0.717) is 6.61 Å². The predicted molar refractivity (Wildman–Crippen MR) is 76.5 cm³/mol. The van der Waals surface area contributed by atoms with Crippen molar-refractivity contribution in [2.45, 2.75) is 57.8 Å². The number of carbonyl (C=O) groups is 1. The van der Waals surface area contributed by atoms with Crippen LogP contribution in [0.3, 0.4) is 0 Å². The Bertz CT molecular complexity index is 193. The minimum atomic E-state index is -0.309. The van der Waals surface area contributed by atoms with E-state index in [1.54, 1.807) is 0 Å². The number of hydrogen-bond donors (Lipinski definition) is 0. The lowest BCUT2D eigenvalue weighted by molar-refractivity contribution is -0.137. The van der Waals surface area contributed by atoms with Crippen LogP contribution >= 0.6 is 15.9 Å². The summed E-state index contributed by atoms with van der Waals surface area (Å²) in [4.78, 5) is 10.7. The Morgan fingerprint density at radius 2 is 1.41 bits per heavy atom. The summed E-state index contributed by atoms with van der Waals surface area (Å²) >= 11 is 3.44. The Morgan fingerprint density at radius 1 is 0.941 bits per heavy atom. The van der Waals surface area contributed by atoms with Crippen LogP contribution in [0.25, 0.3) is 0 Å². The number of ether oxygens (including phenoxy) is 1. The highest BCUT2D eigenvalue weighted by Crippen LogP contribution is 2.10. The fourth-order valence-electron chi connectivity index (χ4n) is 1.67. The van der Waals surface area contributed by atoms with Gasteiger partial charge < -0.3 is 4.74 Å². The van der Waals surface area contributed by atoms with Gasteiger partial charge >= 0.3 is 5.97 Å². The zero-order valence-corrected chi connectivity index (χ0v) is 12.3. The van der Waals surface area contributed by atoms with Gasteiger partial charge in [-0.25, -0.2) is 4.79 Å². The number of carbonyl (C=O) groups excluding carboxylic acids is 1. The molecule has 0 saturated carbocycles. The summed E-state index contributed by atoms with van der Waals surface area (Å²) in [6.45, 7) is 3.89. The van der Waals surface area contributed by atoms with Crippen LogP contribution in [-0.2, 0) is 9.53 Å². The molecular formula is C14H25BrO2. The average Bonchev–Trinajstić information content (AvgIpc) is 2.35. The number of unbranched alkanes of at least 4 members (excludes halogenated alkanes) is 8. The zero-order chi connectivity index (χ0) is 12.8. The Hall–Kier alpha value is -0.310. The zero-order valence-electron chi connectivity index (χ0n) is 10.8. The van der Waals surface area contributed by atoms with Crippen LogP contribution in [0.15, 0.2) is 12.7 Å². The van der Waals surface area contributed by atoms with Gasteiger partial charge in [0.25, 0.3) is 0 Å². The van der Waals surface area contributed by atoms with Crippen molar-refractivity contribution in [3.05, 3.63) is 12.7 Å².